The minimum Gasteiger partial charge on any atom is -0.465 e. The van der Waals surface area contributed by atoms with Crippen LogP contribution in [0.2, 0.25) is 0 Å². The van der Waals surface area contributed by atoms with Crippen molar-refractivity contribution in [2.24, 2.45) is 0 Å². The van der Waals surface area contributed by atoms with Crippen molar-refractivity contribution >= 4 is 11.9 Å². The predicted molar refractivity (Wildman–Crippen MR) is 63.2 cm³/mol. The van der Waals surface area contributed by atoms with Crippen molar-refractivity contribution in [3.05, 3.63) is 23.6 Å². The maximum absolute atomic E-state index is 13.2. The first kappa shape index (κ1) is 11.3. The second-order valence-electron chi connectivity index (χ2n) is 4.94. The molecule has 0 radical (unpaired) electrons. The zero-order valence-corrected chi connectivity index (χ0v) is 10.0. The molecule has 0 bridgehead atoms. The van der Waals surface area contributed by atoms with E-state index in [1.54, 1.807) is 0 Å². The maximum Gasteiger partial charge on any atom is 0.407 e. The summed E-state index contributed by atoms with van der Waals surface area (Å²) in [6.07, 6.45) is 0.989. The van der Waals surface area contributed by atoms with Gasteiger partial charge < -0.3 is 14.9 Å². The number of anilines is 1. The zero-order valence-electron chi connectivity index (χ0n) is 10.0. The monoisotopic (exact) mass is 251 g/mol. The normalized spacial score (nSPS) is 25.9. The van der Waals surface area contributed by atoms with Crippen molar-refractivity contribution in [2.75, 3.05) is 18.0 Å². The Morgan fingerprint density at radius 3 is 3.06 bits per heavy atom. The summed E-state index contributed by atoms with van der Waals surface area (Å²) in [5, 5.41) is 9.07. The van der Waals surface area contributed by atoms with E-state index in [1.807, 2.05) is 6.92 Å². The van der Waals surface area contributed by atoms with E-state index in [1.165, 1.54) is 17.2 Å². The number of piperazine rings is 1. The molecule has 1 fully saturated rings. The van der Waals surface area contributed by atoms with Crippen LogP contribution in [0.1, 0.15) is 12.5 Å². The van der Waals surface area contributed by atoms with Gasteiger partial charge in [-0.3, -0.25) is 0 Å². The quantitative estimate of drug-likeness (QED) is 0.756. The smallest absolute Gasteiger partial charge is 0.407 e. The van der Waals surface area contributed by atoms with Crippen LogP contribution in [0.3, 0.4) is 0 Å². The molecule has 0 unspecified atom stereocenters. The van der Waals surface area contributed by atoms with Crippen molar-refractivity contribution in [3.8, 4) is 0 Å². The average molecular weight is 251 g/mol. The van der Waals surface area contributed by atoms with Crippen LogP contribution in [0.25, 0.3) is 0 Å². The molecule has 3 rings (SSSR count). The Hall–Kier alpha value is -1.85. The molecule has 2 aliphatic heterocycles. The lowest BCUT2D eigenvalue weighted by atomic mass is 10.1. The molecule has 1 amide bonds. The van der Waals surface area contributed by atoms with Crippen LogP contribution in [-0.2, 0) is 6.42 Å². The van der Waals surface area contributed by atoms with Crippen molar-refractivity contribution in [3.63, 3.8) is 0 Å². The standard InChI is InChI=1S/C12H14FN3O2/c1-7-5-15(12(17)18)6-10-3-8-2-9(13)4-14-11(8)16(7)10/h2,4,7,10H,3,5-6H2,1H3,(H,17,18)/t7-,10-/m1/s1. The minimum atomic E-state index is -0.892. The fraction of sp³-hybridized carbons (Fsp3) is 0.500. The lowest BCUT2D eigenvalue weighted by Gasteiger charge is -2.42. The summed E-state index contributed by atoms with van der Waals surface area (Å²) in [5.41, 5.74) is 0.874. The molecule has 1 saturated heterocycles. The number of amides is 1. The Labute approximate surface area is 104 Å². The van der Waals surface area contributed by atoms with E-state index < -0.39 is 6.09 Å². The Kier molecular flexibility index (Phi) is 2.39. The first-order valence-electron chi connectivity index (χ1n) is 5.97. The van der Waals surface area contributed by atoms with Gasteiger partial charge in [-0.25, -0.2) is 14.2 Å². The number of carboxylic acid groups (broad SMARTS) is 1. The molecule has 0 aromatic carbocycles. The van der Waals surface area contributed by atoms with E-state index >= 15 is 0 Å². The van der Waals surface area contributed by atoms with Gasteiger partial charge in [-0.15, -0.1) is 0 Å². The molecule has 1 N–H and O–H groups in total. The number of nitrogens with zero attached hydrogens (tertiary/aromatic N) is 3. The highest BCUT2D eigenvalue weighted by atomic mass is 19.1. The molecule has 0 spiro atoms. The van der Waals surface area contributed by atoms with Crippen LogP contribution in [0.5, 0.6) is 0 Å². The van der Waals surface area contributed by atoms with E-state index in [0.717, 1.165) is 11.4 Å². The Bertz CT molecular complexity index is 508. The van der Waals surface area contributed by atoms with Gasteiger partial charge in [0.1, 0.15) is 11.6 Å². The largest absolute Gasteiger partial charge is 0.465 e. The lowest BCUT2D eigenvalue weighted by Crippen LogP contribution is -2.57. The van der Waals surface area contributed by atoms with Gasteiger partial charge in [0.25, 0.3) is 0 Å². The molecule has 2 aliphatic rings. The van der Waals surface area contributed by atoms with E-state index in [-0.39, 0.29) is 17.9 Å². The van der Waals surface area contributed by atoms with Gasteiger partial charge in [0, 0.05) is 19.1 Å². The summed E-state index contributed by atoms with van der Waals surface area (Å²) in [6, 6.07) is 1.64. The fourth-order valence-electron chi connectivity index (χ4n) is 3.00. The summed E-state index contributed by atoms with van der Waals surface area (Å²) >= 11 is 0. The highest BCUT2D eigenvalue weighted by Gasteiger charge is 2.40. The molecule has 96 valence electrons. The number of hydrogen-bond donors (Lipinski definition) is 1. The number of rotatable bonds is 0. The topological polar surface area (TPSA) is 56.7 Å². The third kappa shape index (κ3) is 1.60. The number of fused-ring (bicyclic) bond motifs is 3. The van der Waals surface area contributed by atoms with Gasteiger partial charge in [-0.2, -0.15) is 0 Å². The van der Waals surface area contributed by atoms with E-state index in [0.29, 0.717) is 19.5 Å². The number of halogens is 1. The summed E-state index contributed by atoms with van der Waals surface area (Å²) in [7, 11) is 0. The average Bonchev–Trinajstić information content (AvgIpc) is 2.66. The second-order valence-corrected chi connectivity index (χ2v) is 4.94. The molecule has 5 nitrogen and oxygen atoms in total. The molecular formula is C12H14FN3O2. The van der Waals surface area contributed by atoms with Crippen LogP contribution < -0.4 is 4.90 Å². The molecule has 0 aliphatic carbocycles. The minimum absolute atomic E-state index is 0.0686. The molecule has 1 aromatic rings. The maximum atomic E-state index is 13.2. The summed E-state index contributed by atoms with van der Waals surface area (Å²) in [5.74, 6) is 0.468. The SMILES string of the molecule is C[C@@H]1CN(C(=O)O)C[C@H]2Cc3cc(F)cnc3N21. The molecule has 0 saturated carbocycles. The first-order chi connectivity index (χ1) is 8.56. The number of carbonyl (C=O) groups is 1. The highest BCUT2D eigenvalue weighted by Crippen LogP contribution is 2.35. The third-order valence-electron chi connectivity index (χ3n) is 3.66. The van der Waals surface area contributed by atoms with Crippen LogP contribution in [0, 0.1) is 5.82 Å². The van der Waals surface area contributed by atoms with Gasteiger partial charge in [-0.1, -0.05) is 0 Å². The Balaban J connectivity index is 1.92. The van der Waals surface area contributed by atoms with Crippen LogP contribution in [-0.4, -0.2) is 46.3 Å². The van der Waals surface area contributed by atoms with E-state index in [4.69, 9.17) is 5.11 Å². The molecule has 3 heterocycles. The summed E-state index contributed by atoms with van der Waals surface area (Å²) < 4.78 is 13.2. The molecule has 18 heavy (non-hydrogen) atoms. The van der Waals surface area contributed by atoms with Crippen molar-refractivity contribution in [2.45, 2.75) is 25.4 Å². The first-order valence-corrected chi connectivity index (χ1v) is 5.97. The number of aromatic nitrogens is 1. The number of pyridine rings is 1. The zero-order chi connectivity index (χ0) is 12.9. The summed E-state index contributed by atoms with van der Waals surface area (Å²) in [6.45, 7) is 2.89. The third-order valence-corrected chi connectivity index (χ3v) is 3.66. The molecular weight excluding hydrogens is 237 g/mol. The number of hydrogen-bond acceptors (Lipinski definition) is 3. The predicted octanol–water partition coefficient (Wildman–Crippen LogP) is 1.33. The van der Waals surface area contributed by atoms with Gasteiger partial charge in [0.05, 0.1) is 12.2 Å². The van der Waals surface area contributed by atoms with Crippen LogP contribution in [0.15, 0.2) is 12.3 Å². The Morgan fingerprint density at radius 1 is 1.56 bits per heavy atom. The van der Waals surface area contributed by atoms with Crippen LogP contribution >= 0.6 is 0 Å². The molecule has 1 aromatic heterocycles. The van der Waals surface area contributed by atoms with E-state index in [9.17, 15) is 9.18 Å². The molecule has 6 heteroatoms. The van der Waals surface area contributed by atoms with Crippen molar-refractivity contribution < 1.29 is 14.3 Å². The van der Waals surface area contributed by atoms with Gasteiger partial charge in [-0.05, 0) is 25.0 Å². The Morgan fingerprint density at radius 2 is 2.33 bits per heavy atom. The second kappa shape index (κ2) is 3.83. The van der Waals surface area contributed by atoms with Gasteiger partial charge in [0.15, 0.2) is 0 Å². The highest BCUT2D eigenvalue weighted by molar-refractivity contribution is 5.66. The van der Waals surface area contributed by atoms with Gasteiger partial charge in [0.2, 0.25) is 0 Å². The summed E-state index contributed by atoms with van der Waals surface area (Å²) in [4.78, 5) is 18.7. The van der Waals surface area contributed by atoms with Crippen LogP contribution in [0.4, 0.5) is 15.0 Å². The van der Waals surface area contributed by atoms with Crippen molar-refractivity contribution in [1.29, 1.82) is 0 Å². The molecule has 2 atom stereocenters. The van der Waals surface area contributed by atoms with E-state index in [2.05, 4.69) is 9.88 Å². The van der Waals surface area contributed by atoms with Crippen molar-refractivity contribution in [1.82, 2.24) is 9.88 Å². The lowest BCUT2D eigenvalue weighted by molar-refractivity contribution is 0.128. The fourth-order valence-corrected chi connectivity index (χ4v) is 3.00. The van der Waals surface area contributed by atoms with Gasteiger partial charge >= 0.3 is 6.09 Å².